The molecule has 1 aliphatic heterocycles. The Morgan fingerprint density at radius 2 is 1.97 bits per heavy atom. The number of carbonyl (C=O) groups is 1. The molecule has 1 atom stereocenters. The van der Waals surface area contributed by atoms with Crippen molar-refractivity contribution in [1.29, 1.82) is 0 Å². The van der Waals surface area contributed by atoms with E-state index in [-0.39, 0.29) is 11.7 Å². The molecule has 4 rings (SSSR count). The lowest BCUT2D eigenvalue weighted by Crippen LogP contribution is -2.43. The Kier molecular flexibility index (Phi) is 6.65. The monoisotopic (exact) mass is 462 g/mol. The molecule has 1 aliphatic carbocycles. The highest BCUT2D eigenvalue weighted by Crippen LogP contribution is 2.42. The molecule has 0 saturated carbocycles. The van der Waals surface area contributed by atoms with Crippen molar-refractivity contribution >= 4 is 34.5 Å². The van der Waals surface area contributed by atoms with Gasteiger partial charge in [-0.2, -0.15) is 0 Å². The van der Waals surface area contributed by atoms with E-state index < -0.39 is 5.41 Å². The van der Waals surface area contributed by atoms with Gasteiger partial charge >= 0.3 is 0 Å². The van der Waals surface area contributed by atoms with Crippen LogP contribution in [-0.2, 0) is 11.2 Å². The van der Waals surface area contributed by atoms with Crippen molar-refractivity contribution in [2.75, 3.05) is 43.4 Å². The quantitative estimate of drug-likeness (QED) is 0.560. The number of pyridine rings is 1. The number of carbonyl (C=O) groups excluding carboxylic acids is 1. The van der Waals surface area contributed by atoms with Crippen LogP contribution in [0.1, 0.15) is 39.0 Å². The van der Waals surface area contributed by atoms with Crippen LogP contribution in [0.5, 0.6) is 0 Å². The largest absolute Gasteiger partial charge is 0.401 e. The second kappa shape index (κ2) is 9.50. The second-order valence-corrected chi connectivity index (χ2v) is 9.45. The minimum absolute atomic E-state index is 0.0170. The van der Waals surface area contributed by atoms with Crippen LogP contribution in [0, 0.1) is 11.3 Å². The number of nitrogens with zero attached hydrogens (tertiary/aromatic N) is 5. The SMILES string of the molecule is CN=C(C1=C(N)C(C)(C(C)=O)Cc2cnc(Nc3ccc(N4CCNCC4)cn3)nc21)C(C)C. The van der Waals surface area contributed by atoms with E-state index >= 15 is 0 Å². The number of aliphatic imine (C=N–C) groups is 1. The molecule has 34 heavy (non-hydrogen) atoms. The highest BCUT2D eigenvalue weighted by molar-refractivity contribution is 6.26. The van der Waals surface area contributed by atoms with Gasteiger partial charge in [-0.1, -0.05) is 13.8 Å². The Balaban J connectivity index is 1.67. The van der Waals surface area contributed by atoms with Crippen LogP contribution in [-0.4, -0.2) is 59.7 Å². The summed E-state index contributed by atoms with van der Waals surface area (Å²) in [6.07, 6.45) is 4.11. The summed E-state index contributed by atoms with van der Waals surface area (Å²) in [5.74, 6) is 1.22. The minimum atomic E-state index is -0.813. The van der Waals surface area contributed by atoms with Crippen LogP contribution in [0.25, 0.3) is 5.57 Å². The topological polar surface area (TPSA) is 121 Å². The number of ketones is 1. The van der Waals surface area contributed by atoms with Crippen LogP contribution >= 0.6 is 0 Å². The van der Waals surface area contributed by atoms with Gasteiger partial charge in [0, 0.05) is 56.4 Å². The van der Waals surface area contributed by atoms with Crippen LogP contribution in [0.15, 0.2) is 35.2 Å². The van der Waals surface area contributed by atoms with Crippen LogP contribution in [0.3, 0.4) is 0 Å². The van der Waals surface area contributed by atoms with Crippen molar-refractivity contribution in [1.82, 2.24) is 20.3 Å². The van der Waals surface area contributed by atoms with Gasteiger partial charge in [0.15, 0.2) is 0 Å². The summed E-state index contributed by atoms with van der Waals surface area (Å²) in [6, 6.07) is 3.99. The number of nitrogens with two attached hydrogens (primary N) is 1. The maximum Gasteiger partial charge on any atom is 0.228 e. The van der Waals surface area contributed by atoms with E-state index in [4.69, 9.17) is 10.7 Å². The van der Waals surface area contributed by atoms with E-state index in [2.05, 4.69) is 50.4 Å². The molecule has 1 unspecified atom stereocenters. The molecule has 1 fully saturated rings. The lowest BCUT2D eigenvalue weighted by atomic mass is 9.70. The molecular formula is C25H34N8O. The average Bonchev–Trinajstić information content (AvgIpc) is 2.83. The summed E-state index contributed by atoms with van der Waals surface area (Å²) in [5.41, 5.74) is 10.6. The first-order chi connectivity index (χ1) is 16.2. The maximum absolute atomic E-state index is 12.6. The molecule has 1 saturated heterocycles. The van der Waals surface area contributed by atoms with Gasteiger partial charge in [0.25, 0.3) is 0 Å². The smallest absolute Gasteiger partial charge is 0.228 e. The fraction of sp³-hybridized carbons (Fsp3) is 0.480. The average molecular weight is 463 g/mol. The lowest BCUT2D eigenvalue weighted by Gasteiger charge is -2.35. The molecule has 2 aliphatic rings. The van der Waals surface area contributed by atoms with E-state index in [0.29, 0.717) is 23.9 Å². The third-order valence-corrected chi connectivity index (χ3v) is 6.80. The van der Waals surface area contributed by atoms with Gasteiger partial charge in [0.2, 0.25) is 5.95 Å². The molecule has 2 aromatic heterocycles. The summed E-state index contributed by atoms with van der Waals surface area (Å²) in [6.45, 7) is 11.5. The van der Waals surface area contributed by atoms with E-state index in [9.17, 15) is 4.79 Å². The second-order valence-electron chi connectivity index (χ2n) is 9.45. The fourth-order valence-electron chi connectivity index (χ4n) is 4.61. The number of fused-ring (bicyclic) bond motifs is 1. The van der Waals surface area contributed by atoms with Crippen molar-refractivity contribution in [3.8, 4) is 0 Å². The number of hydrogen-bond acceptors (Lipinski definition) is 9. The number of piperazine rings is 1. The van der Waals surface area contributed by atoms with E-state index in [1.807, 2.05) is 19.2 Å². The normalized spacial score (nSPS) is 21.0. The van der Waals surface area contributed by atoms with Gasteiger partial charge in [-0.15, -0.1) is 0 Å². The van der Waals surface area contributed by atoms with Crippen molar-refractivity contribution in [3.05, 3.63) is 41.5 Å². The summed E-state index contributed by atoms with van der Waals surface area (Å²) in [4.78, 5) is 33.3. The number of aromatic nitrogens is 3. The number of anilines is 3. The Morgan fingerprint density at radius 3 is 2.56 bits per heavy atom. The van der Waals surface area contributed by atoms with E-state index in [1.165, 1.54) is 0 Å². The minimum Gasteiger partial charge on any atom is -0.401 e. The zero-order valence-corrected chi connectivity index (χ0v) is 20.6. The summed E-state index contributed by atoms with van der Waals surface area (Å²) >= 11 is 0. The predicted molar refractivity (Wildman–Crippen MR) is 136 cm³/mol. The number of rotatable bonds is 6. The highest BCUT2D eigenvalue weighted by Gasteiger charge is 2.42. The summed E-state index contributed by atoms with van der Waals surface area (Å²) < 4.78 is 0. The van der Waals surface area contributed by atoms with Crippen molar-refractivity contribution < 1.29 is 4.79 Å². The molecule has 9 nitrogen and oxygen atoms in total. The zero-order chi connectivity index (χ0) is 24.5. The Morgan fingerprint density at radius 1 is 1.24 bits per heavy atom. The number of allylic oxidation sites excluding steroid dienone is 2. The maximum atomic E-state index is 12.6. The molecule has 0 amide bonds. The Bertz CT molecular complexity index is 1130. The number of nitrogens with one attached hydrogen (secondary N) is 2. The molecule has 2 aromatic rings. The summed E-state index contributed by atoms with van der Waals surface area (Å²) in [7, 11) is 1.75. The van der Waals surface area contributed by atoms with Crippen LogP contribution in [0.4, 0.5) is 17.5 Å². The van der Waals surface area contributed by atoms with Crippen LogP contribution < -0.4 is 21.3 Å². The van der Waals surface area contributed by atoms with Gasteiger partial charge in [-0.05, 0) is 43.9 Å². The molecule has 180 valence electrons. The molecule has 0 aromatic carbocycles. The first-order valence-electron chi connectivity index (χ1n) is 11.8. The molecule has 4 N–H and O–H groups in total. The lowest BCUT2D eigenvalue weighted by molar-refractivity contribution is -0.123. The number of Topliss-reactive ketones (excluding diaryl/α,β-unsaturated/α-hetero) is 1. The van der Waals surface area contributed by atoms with Gasteiger partial charge in [-0.3, -0.25) is 9.79 Å². The highest BCUT2D eigenvalue weighted by atomic mass is 16.1. The molecule has 9 heteroatoms. The molecule has 0 spiro atoms. The van der Waals surface area contributed by atoms with Crippen molar-refractivity contribution in [2.45, 2.75) is 34.1 Å². The zero-order valence-electron chi connectivity index (χ0n) is 20.6. The Hall–Kier alpha value is -3.33. The van der Waals surface area contributed by atoms with Gasteiger partial charge in [0.1, 0.15) is 11.6 Å². The van der Waals surface area contributed by atoms with Crippen LogP contribution in [0.2, 0.25) is 0 Å². The first kappa shape index (κ1) is 23.8. The molecular weight excluding hydrogens is 428 g/mol. The Labute approximate surface area is 201 Å². The predicted octanol–water partition coefficient (Wildman–Crippen LogP) is 2.57. The fourth-order valence-corrected chi connectivity index (χ4v) is 4.61. The molecule has 3 heterocycles. The first-order valence-corrected chi connectivity index (χ1v) is 11.8. The van der Waals surface area contributed by atoms with Crippen molar-refractivity contribution in [2.24, 2.45) is 22.1 Å². The third-order valence-electron chi connectivity index (χ3n) is 6.80. The molecule has 0 radical (unpaired) electrons. The van der Waals surface area contributed by atoms with Crippen molar-refractivity contribution in [3.63, 3.8) is 0 Å². The van der Waals surface area contributed by atoms with Gasteiger partial charge < -0.3 is 21.3 Å². The standard InChI is InChI=1S/C25H34N8O/c1-15(2)21(27-5)20-22-17(12-25(4,16(3)34)23(20)26)13-30-24(32-22)31-19-7-6-18(14-29-19)33-10-8-28-9-11-33/h6-7,13-15,28H,8-12,26H2,1-5H3,(H,29,30,31,32). The van der Waals surface area contributed by atoms with Gasteiger partial charge in [-0.25, -0.2) is 15.0 Å². The number of hydrogen-bond donors (Lipinski definition) is 3. The van der Waals surface area contributed by atoms with E-state index in [0.717, 1.165) is 54.4 Å². The summed E-state index contributed by atoms with van der Waals surface area (Å²) in [5, 5.41) is 6.57. The van der Waals surface area contributed by atoms with Gasteiger partial charge in [0.05, 0.1) is 23.0 Å². The van der Waals surface area contributed by atoms with E-state index in [1.54, 1.807) is 20.2 Å². The molecule has 0 bridgehead atoms. The third kappa shape index (κ3) is 4.40.